The van der Waals surface area contributed by atoms with Gasteiger partial charge in [0, 0.05) is 22.1 Å². The Labute approximate surface area is 188 Å². The zero-order valence-corrected chi connectivity index (χ0v) is 18.6. The van der Waals surface area contributed by atoms with Crippen LogP contribution in [0.1, 0.15) is 22.2 Å². The molecule has 162 valence electrons. The van der Waals surface area contributed by atoms with Crippen LogP contribution in [0.2, 0.25) is 0 Å². The second kappa shape index (κ2) is 7.92. The number of hydrogen-bond acceptors (Lipinski definition) is 7. The van der Waals surface area contributed by atoms with Crippen LogP contribution in [-0.4, -0.2) is 26.1 Å². The van der Waals surface area contributed by atoms with Gasteiger partial charge in [-0.15, -0.1) is 11.3 Å². The molecule has 0 saturated heterocycles. The lowest BCUT2D eigenvalue weighted by atomic mass is 10.1. The predicted octanol–water partition coefficient (Wildman–Crippen LogP) is 5.01. The fraction of sp³-hybridized carbons (Fsp3) is 0.130. The highest BCUT2D eigenvalue weighted by atomic mass is 32.2. The van der Waals surface area contributed by atoms with E-state index in [1.54, 1.807) is 36.4 Å². The first kappa shape index (κ1) is 20.5. The van der Waals surface area contributed by atoms with Gasteiger partial charge in [-0.05, 0) is 36.8 Å². The number of rotatable bonds is 5. The second-order valence-electron chi connectivity index (χ2n) is 7.18. The van der Waals surface area contributed by atoms with Crippen LogP contribution in [0.25, 0.3) is 21.7 Å². The maximum absolute atomic E-state index is 12.9. The molecule has 7 nitrogen and oxygen atoms in total. The third-order valence-corrected chi connectivity index (χ3v) is 7.98. The largest absolute Gasteiger partial charge is 0.493 e. The van der Waals surface area contributed by atoms with Crippen LogP contribution in [0.3, 0.4) is 0 Å². The normalized spacial score (nSPS) is 13.8. The molecular weight excluding hydrogens is 448 g/mol. The number of benzene rings is 2. The Bertz CT molecular complexity index is 1440. The van der Waals surface area contributed by atoms with Crippen LogP contribution in [0.5, 0.6) is 5.75 Å². The fourth-order valence-corrected chi connectivity index (χ4v) is 6.53. The molecule has 0 atom stereocenters. The van der Waals surface area contributed by atoms with Crippen molar-refractivity contribution in [3.63, 3.8) is 0 Å². The molecule has 1 N–H and O–H groups in total. The van der Waals surface area contributed by atoms with Crippen molar-refractivity contribution >= 4 is 33.0 Å². The standard InChI is InChI=1S/C23H18N2O5S2/c1-2-29-18-9-5-3-7-15(18)17-12-21(30-25-17)24-23(26)19-11-14-13-32(27,28)20-10-6-4-8-16(20)22(14)31-19/h3-12H,2,13H2,1H3,(H,24,26). The average molecular weight is 467 g/mol. The summed E-state index contributed by atoms with van der Waals surface area (Å²) in [4.78, 5) is 14.4. The molecule has 3 heterocycles. The maximum Gasteiger partial charge on any atom is 0.268 e. The number of carbonyl (C=O) groups is 1. The molecule has 0 saturated carbocycles. The Hall–Kier alpha value is -3.43. The molecule has 0 bridgehead atoms. The minimum absolute atomic E-state index is 0.121. The number of sulfone groups is 1. The summed E-state index contributed by atoms with van der Waals surface area (Å²) in [5, 5.41) is 6.75. The van der Waals surface area contributed by atoms with Gasteiger partial charge in [0.2, 0.25) is 5.88 Å². The van der Waals surface area contributed by atoms with E-state index in [0.717, 1.165) is 10.4 Å². The summed E-state index contributed by atoms with van der Waals surface area (Å²) in [7, 11) is -3.43. The van der Waals surface area contributed by atoms with Crippen molar-refractivity contribution < 1.29 is 22.5 Å². The smallest absolute Gasteiger partial charge is 0.268 e. The minimum Gasteiger partial charge on any atom is -0.493 e. The van der Waals surface area contributed by atoms with E-state index < -0.39 is 9.84 Å². The van der Waals surface area contributed by atoms with Crippen LogP contribution < -0.4 is 10.1 Å². The first-order valence-electron chi connectivity index (χ1n) is 9.91. The molecule has 1 amide bonds. The molecule has 1 aliphatic heterocycles. The number of amides is 1. The molecule has 32 heavy (non-hydrogen) atoms. The summed E-state index contributed by atoms with van der Waals surface area (Å²) in [6.07, 6.45) is 0. The predicted molar refractivity (Wildman–Crippen MR) is 122 cm³/mol. The van der Waals surface area contributed by atoms with Gasteiger partial charge < -0.3 is 9.26 Å². The molecule has 0 unspecified atom stereocenters. The molecule has 2 aromatic carbocycles. The van der Waals surface area contributed by atoms with Crippen molar-refractivity contribution in [1.82, 2.24) is 5.16 Å². The number of nitrogens with one attached hydrogen (secondary N) is 1. The van der Waals surface area contributed by atoms with E-state index in [1.165, 1.54) is 11.3 Å². The van der Waals surface area contributed by atoms with Crippen molar-refractivity contribution in [3.05, 3.63) is 71.1 Å². The molecular formula is C23H18N2O5S2. The quantitative estimate of drug-likeness (QED) is 0.444. The summed E-state index contributed by atoms with van der Waals surface area (Å²) in [5.74, 6) is 0.354. The lowest BCUT2D eigenvalue weighted by Crippen LogP contribution is -2.11. The third-order valence-electron chi connectivity index (χ3n) is 5.05. The number of thiophene rings is 1. The Kier molecular flexibility index (Phi) is 5.07. The first-order chi connectivity index (χ1) is 15.5. The Morgan fingerprint density at radius 3 is 2.69 bits per heavy atom. The van der Waals surface area contributed by atoms with Crippen molar-refractivity contribution in [3.8, 4) is 27.4 Å². The molecule has 0 fully saturated rings. The van der Waals surface area contributed by atoms with Crippen LogP contribution in [-0.2, 0) is 15.6 Å². The summed E-state index contributed by atoms with van der Waals surface area (Å²) in [6.45, 7) is 2.41. The van der Waals surface area contributed by atoms with Gasteiger partial charge in [0.05, 0.1) is 22.1 Å². The van der Waals surface area contributed by atoms with Crippen molar-refractivity contribution in [2.24, 2.45) is 0 Å². The number of nitrogens with zero attached hydrogens (tertiary/aromatic N) is 1. The number of aromatic nitrogens is 1. The van der Waals surface area contributed by atoms with Gasteiger partial charge in [0.25, 0.3) is 5.91 Å². The van der Waals surface area contributed by atoms with E-state index in [1.807, 2.05) is 31.2 Å². The number of para-hydroxylation sites is 1. The second-order valence-corrected chi connectivity index (χ2v) is 10.2. The molecule has 2 aromatic heterocycles. The van der Waals surface area contributed by atoms with Gasteiger partial charge in [-0.25, -0.2) is 8.42 Å². The molecule has 0 spiro atoms. The molecule has 0 radical (unpaired) electrons. The zero-order valence-electron chi connectivity index (χ0n) is 17.0. The maximum atomic E-state index is 12.9. The Morgan fingerprint density at radius 1 is 1.12 bits per heavy atom. The van der Waals surface area contributed by atoms with Crippen LogP contribution in [0, 0.1) is 0 Å². The molecule has 1 aliphatic rings. The zero-order chi connectivity index (χ0) is 22.3. The Balaban J connectivity index is 1.41. The SMILES string of the molecule is CCOc1ccccc1-c1cc(NC(=O)c2cc3c(s2)-c2ccccc2S(=O)(=O)C3)on1. The topological polar surface area (TPSA) is 98.5 Å². The fourth-order valence-electron chi connectivity index (χ4n) is 3.68. The van der Waals surface area contributed by atoms with Gasteiger partial charge in [-0.2, -0.15) is 0 Å². The van der Waals surface area contributed by atoms with Gasteiger partial charge in [0.1, 0.15) is 11.4 Å². The lowest BCUT2D eigenvalue weighted by molar-refractivity contribution is 0.102. The van der Waals surface area contributed by atoms with E-state index in [2.05, 4.69) is 10.5 Å². The highest BCUT2D eigenvalue weighted by molar-refractivity contribution is 7.91. The van der Waals surface area contributed by atoms with E-state index in [-0.39, 0.29) is 17.5 Å². The van der Waals surface area contributed by atoms with Gasteiger partial charge in [-0.1, -0.05) is 35.5 Å². The van der Waals surface area contributed by atoms with E-state index in [0.29, 0.717) is 38.9 Å². The van der Waals surface area contributed by atoms with Crippen LogP contribution in [0.4, 0.5) is 5.88 Å². The summed E-state index contributed by atoms with van der Waals surface area (Å²) >= 11 is 1.26. The van der Waals surface area contributed by atoms with Crippen LogP contribution >= 0.6 is 11.3 Å². The molecule has 0 aliphatic carbocycles. The average Bonchev–Trinajstić information content (AvgIpc) is 3.41. The van der Waals surface area contributed by atoms with E-state index in [9.17, 15) is 13.2 Å². The summed E-state index contributed by atoms with van der Waals surface area (Å²) < 4.78 is 36.1. The molecule has 4 aromatic rings. The first-order valence-corrected chi connectivity index (χ1v) is 12.4. The highest BCUT2D eigenvalue weighted by Crippen LogP contribution is 2.42. The third kappa shape index (κ3) is 3.59. The summed E-state index contributed by atoms with van der Waals surface area (Å²) in [5.41, 5.74) is 2.55. The Morgan fingerprint density at radius 2 is 1.88 bits per heavy atom. The summed E-state index contributed by atoms with van der Waals surface area (Å²) in [6, 6.07) is 17.6. The number of fused-ring (bicyclic) bond motifs is 3. The molecule has 5 rings (SSSR count). The van der Waals surface area contributed by atoms with Crippen molar-refractivity contribution in [2.45, 2.75) is 17.6 Å². The number of hydrogen-bond donors (Lipinski definition) is 1. The monoisotopic (exact) mass is 466 g/mol. The van der Waals surface area contributed by atoms with E-state index in [4.69, 9.17) is 9.26 Å². The minimum atomic E-state index is -3.43. The number of ether oxygens (including phenoxy) is 1. The van der Waals surface area contributed by atoms with Crippen molar-refractivity contribution in [2.75, 3.05) is 11.9 Å². The lowest BCUT2D eigenvalue weighted by Gasteiger charge is -2.15. The van der Waals surface area contributed by atoms with Crippen molar-refractivity contribution in [1.29, 1.82) is 0 Å². The number of carbonyl (C=O) groups excluding carboxylic acids is 1. The van der Waals surface area contributed by atoms with Gasteiger partial charge >= 0.3 is 0 Å². The number of anilines is 1. The van der Waals surface area contributed by atoms with E-state index >= 15 is 0 Å². The van der Waals surface area contributed by atoms with Crippen LogP contribution in [0.15, 0.2) is 70.1 Å². The van der Waals surface area contributed by atoms with Gasteiger partial charge in [-0.3, -0.25) is 10.1 Å². The highest BCUT2D eigenvalue weighted by Gasteiger charge is 2.30. The van der Waals surface area contributed by atoms with Gasteiger partial charge in [0.15, 0.2) is 9.84 Å². The molecule has 9 heteroatoms.